The van der Waals surface area contributed by atoms with Crippen LogP contribution in [-0.4, -0.2) is 39.5 Å². The minimum Gasteiger partial charge on any atom is -0.383 e. The van der Waals surface area contributed by atoms with Gasteiger partial charge in [0, 0.05) is 26.3 Å². The number of hydrogen-bond donors (Lipinski definition) is 0. The van der Waals surface area contributed by atoms with Gasteiger partial charge >= 0.3 is 16.3 Å². The van der Waals surface area contributed by atoms with Gasteiger partial charge in [-0.05, 0) is 47.5 Å². The molecule has 0 aromatic heterocycles. The van der Waals surface area contributed by atoms with Crippen LogP contribution in [0.25, 0.3) is 6.08 Å². The van der Waals surface area contributed by atoms with Gasteiger partial charge in [0.15, 0.2) is 0 Å². The lowest BCUT2D eigenvalue weighted by Gasteiger charge is -2.21. The zero-order valence-electron chi connectivity index (χ0n) is 19.3. The second-order valence-corrected chi connectivity index (χ2v) is 9.25. The standard InChI is InChI=1S/C26H24F3NO5S/c1-34-16-15-30(25(31)14-13-20-7-3-2-4-8-20)19-21-9-5-11-23(17-21)35-36(32,33)24-12-6-10-22(18-24)26(27,28)29/h2-14,17-18H,15-16,19H2,1H3. The Labute approximate surface area is 207 Å². The van der Waals surface area contributed by atoms with Crippen molar-refractivity contribution in [2.24, 2.45) is 0 Å². The fourth-order valence-corrected chi connectivity index (χ4v) is 4.19. The molecule has 3 aromatic rings. The Morgan fingerprint density at radius 1 is 0.972 bits per heavy atom. The van der Waals surface area contributed by atoms with Crippen LogP contribution in [0.4, 0.5) is 13.2 Å². The number of rotatable bonds is 10. The highest BCUT2D eigenvalue weighted by atomic mass is 32.2. The molecule has 0 aliphatic heterocycles. The molecular weight excluding hydrogens is 495 g/mol. The normalized spacial score (nSPS) is 12.0. The van der Waals surface area contributed by atoms with Crippen LogP contribution in [0.15, 0.2) is 89.8 Å². The summed E-state index contributed by atoms with van der Waals surface area (Å²) in [5, 5.41) is 0. The van der Waals surface area contributed by atoms with Crippen molar-refractivity contribution in [1.82, 2.24) is 4.90 Å². The van der Waals surface area contributed by atoms with Gasteiger partial charge in [-0.1, -0.05) is 48.5 Å². The van der Waals surface area contributed by atoms with E-state index in [2.05, 4.69) is 0 Å². The quantitative estimate of drug-likeness (QED) is 0.273. The van der Waals surface area contributed by atoms with Crippen molar-refractivity contribution in [2.75, 3.05) is 20.3 Å². The number of carbonyl (C=O) groups excluding carboxylic acids is 1. The monoisotopic (exact) mass is 519 g/mol. The molecule has 6 nitrogen and oxygen atoms in total. The van der Waals surface area contributed by atoms with E-state index in [1.54, 1.807) is 12.1 Å². The van der Waals surface area contributed by atoms with Crippen LogP contribution in [0.2, 0.25) is 0 Å². The third-order valence-electron chi connectivity index (χ3n) is 5.02. The number of carbonyl (C=O) groups is 1. The minimum absolute atomic E-state index is 0.0936. The molecule has 0 aliphatic carbocycles. The van der Waals surface area contributed by atoms with Gasteiger partial charge in [-0.25, -0.2) is 0 Å². The second-order valence-electron chi connectivity index (χ2n) is 7.71. The largest absolute Gasteiger partial charge is 0.416 e. The van der Waals surface area contributed by atoms with Gasteiger partial charge in [-0.3, -0.25) is 4.79 Å². The molecule has 0 spiro atoms. The summed E-state index contributed by atoms with van der Waals surface area (Å²) in [6.07, 6.45) is -1.58. The Morgan fingerprint density at radius 2 is 1.69 bits per heavy atom. The summed E-state index contributed by atoms with van der Waals surface area (Å²) in [4.78, 5) is 13.7. The highest BCUT2D eigenvalue weighted by Gasteiger charge is 2.32. The van der Waals surface area contributed by atoms with Gasteiger partial charge in [0.25, 0.3) is 0 Å². The molecule has 3 aromatic carbocycles. The first-order chi connectivity index (χ1) is 17.1. The number of methoxy groups -OCH3 is 1. The Bertz CT molecular complexity index is 1310. The van der Waals surface area contributed by atoms with Gasteiger partial charge in [0.2, 0.25) is 5.91 Å². The average Bonchev–Trinajstić information content (AvgIpc) is 2.85. The van der Waals surface area contributed by atoms with Crippen LogP contribution in [0, 0.1) is 0 Å². The molecule has 0 unspecified atom stereocenters. The highest BCUT2D eigenvalue weighted by Crippen LogP contribution is 2.31. The van der Waals surface area contributed by atoms with Crippen molar-refractivity contribution in [1.29, 1.82) is 0 Å². The summed E-state index contributed by atoms with van der Waals surface area (Å²) in [6.45, 7) is 0.690. The second kappa shape index (κ2) is 11.9. The van der Waals surface area contributed by atoms with Crippen molar-refractivity contribution in [3.05, 3.63) is 102 Å². The number of benzene rings is 3. The van der Waals surface area contributed by atoms with Gasteiger partial charge in [-0.15, -0.1) is 0 Å². The summed E-state index contributed by atoms with van der Waals surface area (Å²) in [5.74, 6) is -0.373. The van der Waals surface area contributed by atoms with Gasteiger partial charge in [0.05, 0.1) is 12.2 Å². The van der Waals surface area contributed by atoms with Crippen molar-refractivity contribution >= 4 is 22.1 Å². The maximum Gasteiger partial charge on any atom is 0.416 e. The predicted octanol–water partition coefficient (Wildman–Crippen LogP) is 5.16. The number of halogens is 3. The number of ether oxygens (including phenoxy) is 1. The van der Waals surface area contributed by atoms with E-state index < -0.39 is 26.8 Å². The molecule has 0 bridgehead atoms. The van der Waals surface area contributed by atoms with Crippen LogP contribution in [0.1, 0.15) is 16.7 Å². The third kappa shape index (κ3) is 7.69. The number of nitrogens with zero attached hydrogens (tertiary/aromatic N) is 1. The first kappa shape index (κ1) is 27.0. The molecular formula is C26H24F3NO5S. The Morgan fingerprint density at radius 3 is 2.39 bits per heavy atom. The molecule has 0 saturated heterocycles. The van der Waals surface area contributed by atoms with Crippen molar-refractivity contribution in [3.63, 3.8) is 0 Å². The summed E-state index contributed by atoms with van der Waals surface area (Å²) in [5.41, 5.74) is 0.314. The molecule has 0 radical (unpaired) electrons. The van der Waals surface area contributed by atoms with Crippen LogP contribution in [0.3, 0.4) is 0 Å². The molecule has 0 heterocycles. The minimum atomic E-state index is -4.70. The van der Waals surface area contributed by atoms with E-state index >= 15 is 0 Å². The predicted molar refractivity (Wildman–Crippen MR) is 128 cm³/mol. The van der Waals surface area contributed by atoms with Crippen molar-refractivity contribution in [2.45, 2.75) is 17.6 Å². The van der Waals surface area contributed by atoms with E-state index in [0.29, 0.717) is 11.6 Å². The van der Waals surface area contributed by atoms with Gasteiger partial charge < -0.3 is 13.8 Å². The Hall–Kier alpha value is -3.63. The Balaban J connectivity index is 1.77. The maximum absolute atomic E-state index is 13.0. The van der Waals surface area contributed by atoms with Crippen molar-refractivity contribution < 1.29 is 35.3 Å². The zero-order valence-corrected chi connectivity index (χ0v) is 20.1. The van der Waals surface area contributed by atoms with Gasteiger partial charge in [-0.2, -0.15) is 21.6 Å². The highest BCUT2D eigenvalue weighted by molar-refractivity contribution is 7.87. The molecule has 0 atom stereocenters. The molecule has 1 amide bonds. The van der Waals surface area contributed by atoms with Gasteiger partial charge in [0.1, 0.15) is 10.6 Å². The van der Waals surface area contributed by atoms with E-state index in [1.807, 2.05) is 30.3 Å². The molecule has 36 heavy (non-hydrogen) atoms. The summed E-state index contributed by atoms with van der Waals surface area (Å²) in [7, 11) is -3.01. The first-order valence-corrected chi connectivity index (χ1v) is 12.2. The van der Waals surface area contributed by atoms with Crippen LogP contribution >= 0.6 is 0 Å². The SMILES string of the molecule is COCCN(Cc1cccc(OS(=O)(=O)c2cccc(C(F)(F)F)c2)c1)C(=O)C=Cc1ccccc1. The maximum atomic E-state index is 13.0. The van der Waals surface area contributed by atoms with E-state index in [9.17, 15) is 26.4 Å². The smallest absolute Gasteiger partial charge is 0.383 e. The molecule has 0 N–H and O–H groups in total. The summed E-state index contributed by atoms with van der Waals surface area (Å²) in [6, 6.07) is 18.6. The zero-order chi connectivity index (χ0) is 26.2. The van der Waals surface area contributed by atoms with Crippen LogP contribution in [0.5, 0.6) is 5.75 Å². The molecule has 190 valence electrons. The molecule has 0 fully saturated rings. The third-order valence-corrected chi connectivity index (χ3v) is 6.27. The van der Waals surface area contributed by atoms with E-state index in [1.165, 1.54) is 36.3 Å². The van der Waals surface area contributed by atoms with Crippen molar-refractivity contribution in [3.8, 4) is 5.75 Å². The topological polar surface area (TPSA) is 72.9 Å². The molecule has 0 aliphatic rings. The summed E-state index contributed by atoms with van der Waals surface area (Å²) >= 11 is 0. The van der Waals surface area contributed by atoms with Crippen LogP contribution < -0.4 is 4.18 Å². The van der Waals surface area contributed by atoms with Crippen LogP contribution in [-0.2, 0) is 32.4 Å². The number of amides is 1. The lowest BCUT2D eigenvalue weighted by Crippen LogP contribution is -2.32. The first-order valence-electron chi connectivity index (χ1n) is 10.8. The average molecular weight is 520 g/mol. The molecule has 10 heteroatoms. The fraction of sp³-hybridized carbons (Fsp3) is 0.192. The molecule has 0 saturated carbocycles. The van der Waals surface area contributed by atoms with E-state index in [4.69, 9.17) is 8.92 Å². The fourth-order valence-electron chi connectivity index (χ4n) is 3.22. The lowest BCUT2D eigenvalue weighted by molar-refractivity contribution is -0.137. The molecule has 3 rings (SSSR count). The summed E-state index contributed by atoms with van der Waals surface area (Å²) < 4.78 is 74.3. The lowest BCUT2D eigenvalue weighted by atomic mass is 10.2. The van der Waals surface area contributed by atoms with E-state index in [-0.39, 0.29) is 31.4 Å². The van der Waals surface area contributed by atoms with E-state index in [0.717, 1.165) is 23.8 Å². The Kier molecular flexibility index (Phi) is 8.89. The number of hydrogen-bond acceptors (Lipinski definition) is 5. The number of alkyl halides is 3.